The number of nitrogens with zero attached hydrogens (tertiary/aromatic N) is 1. The molecule has 1 aromatic heterocycles. The van der Waals surface area contributed by atoms with Gasteiger partial charge in [-0.3, -0.25) is 4.79 Å². The van der Waals surface area contributed by atoms with Gasteiger partial charge in [0.25, 0.3) is 5.91 Å². The fourth-order valence-corrected chi connectivity index (χ4v) is 2.41. The summed E-state index contributed by atoms with van der Waals surface area (Å²) in [5, 5.41) is 3.69. The second-order valence-corrected chi connectivity index (χ2v) is 5.80. The number of benzene rings is 1. The van der Waals surface area contributed by atoms with Crippen LogP contribution in [0.5, 0.6) is 0 Å². The van der Waals surface area contributed by atoms with E-state index in [9.17, 15) is 4.79 Å². The fourth-order valence-electron chi connectivity index (χ4n) is 1.57. The molecule has 0 fully saturated rings. The lowest BCUT2D eigenvalue weighted by molar-refractivity contribution is 0.103. The highest BCUT2D eigenvalue weighted by Gasteiger charge is 2.09. The zero-order valence-corrected chi connectivity index (χ0v) is 12.0. The largest absolute Gasteiger partial charge is 0.393 e. The molecule has 0 bridgehead atoms. The lowest BCUT2D eigenvalue weighted by atomic mass is 10.1. The van der Waals surface area contributed by atoms with Crippen LogP contribution in [0, 0.1) is 6.92 Å². The van der Waals surface area contributed by atoms with Gasteiger partial charge < -0.3 is 11.1 Å². The number of hydrogen-bond acceptors (Lipinski definition) is 4. The number of hydrogen-bond donors (Lipinski definition) is 2. The molecule has 3 N–H and O–H groups in total. The summed E-state index contributed by atoms with van der Waals surface area (Å²) in [6, 6.07) is 7.46. The molecule has 0 aliphatic heterocycles. The highest BCUT2D eigenvalue weighted by molar-refractivity contribution is 7.80. The molecular weight excluding hydrogens is 278 g/mol. The van der Waals surface area contributed by atoms with Crippen molar-refractivity contribution < 1.29 is 4.79 Å². The van der Waals surface area contributed by atoms with Crippen molar-refractivity contribution in [2.24, 2.45) is 5.73 Å². The average molecular weight is 291 g/mol. The van der Waals surface area contributed by atoms with Crippen LogP contribution in [0.25, 0.3) is 0 Å². The zero-order chi connectivity index (χ0) is 13.8. The Bertz CT molecular complexity index is 605. The van der Waals surface area contributed by atoms with Crippen LogP contribution in [-0.4, -0.2) is 15.9 Å². The third-order valence-corrected chi connectivity index (χ3v) is 3.49. The van der Waals surface area contributed by atoms with E-state index in [1.807, 2.05) is 31.2 Å². The summed E-state index contributed by atoms with van der Waals surface area (Å²) in [4.78, 5) is 17.0. The van der Waals surface area contributed by atoms with Gasteiger partial charge in [-0.15, -0.1) is 11.3 Å². The van der Waals surface area contributed by atoms with Gasteiger partial charge in [0, 0.05) is 12.1 Å². The van der Waals surface area contributed by atoms with Crippen LogP contribution in [0.1, 0.15) is 20.2 Å². The first kappa shape index (κ1) is 13.6. The molecule has 6 heteroatoms. The van der Waals surface area contributed by atoms with E-state index in [0.29, 0.717) is 16.3 Å². The summed E-state index contributed by atoms with van der Waals surface area (Å²) in [5.74, 6) is -0.146. The summed E-state index contributed by atoms with van der Waals surface area (Å²) in [6.45, 7) is 1.87. The van der Waals surface area contributed by atoms with Gasteiger partial charge in [-0.1, -0.05) is 24.4 Å². The van der Waals surface area contributed by atoms with Crippen molar-refractivity contribution in [3.63, 3.8) is 0 Å². The van der Waals surface area contributed by atoms with Crippen molar-refractivity contribution in [2.75, 3.05) is 5.32 Å². The second kappa shape index (κ2) is 5.90. The van der Waals surface area contributed by atoms with Crippen molar-refractivity contribution in [3.8, 4) is 0 Å². The molecule has 0 atom stereocenters. The number of carbonyl (C=O) groups is 1. The highest BCUT2D eigenvalue weighted by atomic mass is 32.1. The lowest BCUT2D eigenvalue weighted by Gasteiger charge is -2.05. The Kier molecular flexibility index (Phi) is 4.24. The molecule has 0 radical (unpaired) electrons. The van der Waals surface area contributed by atoms with Gasteiger partial charge >= 0.3 is 0 Å². The van der Waals surface area contributed by atoms with Crippen molar-refractivity contribution >= 4 is 40.1 Å². The fraction of sp³-hybridized carbons (Fsp3) is 0.154. The molecule has 2 aromatic rings. The molecule has 0 saturated carbocycles. The zero-order valence-electron chi connectivity index (χ0n) is 10.3. The maximum absolute atomic E-state index is 11.9. The first-order valence-corrected chi connectivity index (χ1v) is 6.88. The normalized spacial score (nSPS) is 10.2. The summed E-state index contributed by atoms with van der Waals surface area (Å²) >= 11 is 6.22. The van der Waals surface area contributed by atoms with Crippen LogP contribution in [0.4, 0.5) is 5.69 Å². The molecule has 1 heterocycles. The van der Waals surface area contributed by atoms with E-state index in [2.05, 4.69) is 10.3 Å². The Morgan fingerprint density at radius 1 is 1.42 bits per heavy atom. The third kappa shape index (κ3) is 3.84. The smallest absolute Gasteiger partial charge is 0.267 e. The van der Waals surface area contributed by atoms with Gasteiger partial charge in [-0.2, -0.15) is 0 Å². The number of nitrogens with one attached hydrogen (secondary N) is 1. The number of thiocarbonyl (C=S) groups is 1. The van der Waals surface area contributed by atoms with E-state index in [1.54, 1.807) is 6.20 Å². The molecule has 0 spiro atoms. The Morgan fingerprint density at radius 3 is 2.63 bits per heavy atom. The molecular formula is C13H13N3OS2. The van der Waals surface area contributed by atoms with Gasteiger partial charge in [0.05, 0.1) is 16.2 Å². The first-order valence-electron chi connectivity index (χ1n) is 5.65. The molecule has 0 aliphatic carbocycles. The molecule has 4 nitrogen and oxygen atoms in total. The van der Waals surface area contributed by atoms with Crippen LogP contribution in [0.2, 0.25) is 0 Å². The molecule has 2 rings (SSSR count). The number of nitrogens with two attached hydrogens (primary N) is 1. The summed E-state index contributed by atoms with van der Waals surface area (Å²) < 4.78 is 0. The van der Waals surface area contributed by atoms with Crippen LogP contribution >= 0.6 is 23.6 Å². The maximum Gasteiger partial charge on any atom is 0.267 e. The standard InChI is InChI=1S/C13H13N3OS2/c1-8-15-7-11(19-8)13(17)16-10-4-2-9(3-5-10)6-12(14)18/h2-5,7H,6H2,1H3,(H2,14,18)(H,16,17). The Labute approximate surface area is 120 Å². The second-order valence-electron chi connectivity index (χ2n) is 4.04. The molecule has 0 aliphatic rings. The molecule has 1 amide bonds. The molecule has 98 valence electrons. The van der Waals surface area contributed by atoms with E-state index in [4.69, 9.17) is 18.0 Å². The van der Waals surface area contributed by atoms with Gasteiger partial charge in [0.15, 0.2) is 0 Å². The third-order valence-electron chi connectivity index (χ3n) is 2.44. The first-order chi connectivity index (χ1) is 9.04. The molecule has 0 unspecified atom stereocenters. The Hall–Kier alpha value is -1.79. The SMILES string of the molecule is Cc1ncc(C(=O)Nc2ccc(CC(N)=S)cc2)s1. The maximum atomic E-state index is 11.9. The minimum atomic E-state index is -0.146. The number of carbonyl (C=O) groups excluding carboxylic acids is 1. The van der Waals surface area contributed by atoms with E-state index in [0.717, 1.165) is 16.3 Å². The van der Waals surface area contributed by atoms with Crippen molar-refractivity contribution in [2.45, 2.75) is 13.3 Å². The van der Waals surface area contributed by atoms with Crippen LogP contribution in [0.15, 0.2) is 30.5 Å². The number of aromatic nitrogens is 1. The van der Waals surface area contributed by atoms with Crippen LogP contribution < -0.4 is 11.1 Å². The number of anilines is 1. The van der Waals surface area contributed by atoms with Crippen molar-refractivity contribution in [1.82, 2.24) is 4.98 Å². The molecule has 0 saturated heterocycles. The van der Waals surface area contributed by atoms with Crippen LogP contribution in [-0.2, 0) is 6.42 Å². The van der Waals surface area contributed by atoms with Gasteiger partial charge in [-0.05, 0) is 24.6 Å². The van der Waals surface area contributed by atoms with Crippen molar-refractivity contribution in [1.29, 1.82) is 0 Å². The number of thiazole rings is 1. The number of rotatable bonds is 4. The average Bonchev–Trinajstić information content (AvgIpc) is 2.78. The van der Waals surface area contributed by atoms with Gasteiger partial charge in [0.1, 0.15) is 4.88 Å². The molecule has 19 heavy (non-hydrogen) atoms. The van der Waals surface area contributed by atoms with E-state index < -0.39 is 0 Å². The number of amides is 1. The molecule has 1 aromatic carbocycles. The summed E-state index contributed by atoms with van der Waals surface area (Å²) in [6.07, 6.45) is 2.15. The van der Waals surface area contributed by atoms with Gasteiger partial charge in [0.2, 0.25) is 0 Å². The predicted octanol–water partition coefficient (Wildman–Crippen LogP) is 2.53. The minimum Gasteiger partial charge on any atom is -0.393 e. The summed E-state index contributed by atoms with van der Waals surface area (Å²) in [5.41, 5.74) is 7.24. The summed E-state index contributed by atoms with van der Waals surface area (Å²) in [7, 11) is 0. The Morgan fingerprint density at radius 2 is 2.11 bits per heavy atom. The monoisotopic (exact) mass is 291 g/mol. The van der Waals surface area contributed by atoms with E-state index in [1.165, 1.54) is 11.3 Å². The quantitative estimate of drug-likeness (QED) is 0.849. The van der Waals surface area contributed by atoms with Crippen LogP contribution in [0.3, 0.4) is 0 Å². The lowest BCUT2D eigenvalue weighted by Crippen LogP contribution is -2.12. The highest BCUT2D eigenvalue weighted by Crippen LogP contribution is 2.15. The number of aryl methyl sites for hydroxylation is 1. The van der Waals surface area contributed by atoms with E-state index >= 15 is 0 Å². The Balaban J connectivity index is 2.03. The van der Waals surface area contributed by atoms with Crippen molar-refractivity contribution in [3.05, 3.63) is 45.9 Å². The topological polar surface area (TPSA) is 68.0 Å². The van der Waals surface area contributed by atoms with Gasteiger partial charge in [-0.25, -0.2) is 4.98 Å². The minimum absolute atomic E-state index is 0.146. The predicted molar refractivity (Wildman–Crippen MR) is 81.7 cm³/mol. The van der Waals surface area contributed by atoms with E-state index in [-0.39, 0.29) is 5.91 Å².